The number of carbonyl (C=O) groups excluding carboxylic acids is 1. The number of nitrogens with one attached hydrogen (secondary N) is 1. The molecule has 0 fully saturated rings. The molecule has 0 spiro atoms. The van der Waals surface area contributed by atoms with Crippen molar-refractivity contribution >= 4 is 5.97 Å². The SMILES string of the molecule is CCC(=O)OCCCCCCCCn1ccc(=O)[nH]c1=O. The highest BCUT2D eigenvalue weighted by Crippen LogP contribution is 2.06. The number of esters is 1. The van der Waals surface area contributed by atoms with Gasteiger partial charge in [0.2, 0.25) is 0 Å². The third-order valence-corrected chi connectivity index (χ3v) is 3.24. The normalized spacial score (nSPS) is 10.5. The van der Waals surface area contributed by atoms with Gasteiger partial charge in [-0.1, -0.05) is 32.6 Å². The number of nitrogens with zero attached hydrogens (tertiary/aromatic N) is 1. The van der Waals surface area contributed by atoms with E-state index in [4.69, 9.17) is 4.74 Å². The van der Waals surface area contributed by atoms with Crippen LogP contribution in [0.5, 0.6) is 0 Å². The molecule has 6 nitrogen and oxygen atoms in total. The van der Waals surface area contributed by atoms with Crippen molar-refractivity contribution in [3.05, 3.63) is 33.1 Å². The fourth-order valence-electron chi connectivity index (χ4n) is 2.00. The lowest BCUT2D eigenvalue weighted by Gasteiger charge is -2.05. The van der Waals surface area contributed by atoms with Crippen molar-refractivity contribution in [2.75, 3.05) is 6.61 Å². The van der Waals surface area contributed by atoms with Gasteiger partial charge in [-0.25, -0.2) is 4.79 Å². The van der Waals surface area contributed by atoms with Crippen LogP contribution >= 0.6 is 0 Å². The molecule has 1 N–H and O–H groups in total. The summed E-state index contributed by atoms with van der Waals surface area (Å²) in [6, 6.07) is 1.36. The van der Waals surface area contributed by atoms with Crippen LogP contribution in [0.3, 0.4) is 0 Å². The van der Waals surface area contributed by atoms with E-state index in [1.54, 1.807) is 6.92 Å². The summed E-state index contributed by atoms with van der Waals surface area (Å²) in [6.45, 7) is 2.93. The average Bonchev–Trinajstić information content (AvgIpc) is 2.47. The van der Waals surface area contributed by atoms with E-state index in [0.29, 0.717) is 19.6 Å². The largest absolute Gasteiger partial charge is 0.466 e. The standard InChI is InChI=1S/C15H24N2O4/c1-2-14(19)21-12-8-6-4-3-5-7-10-17-11-9-13(18)16-15(17)20/h9,11H,2-8,10,12H2,1H3,(H,16,18,20). The highest BCUT2D eigenvalue weighted by atomic mass is 16.5. The molecular weight excluding hydrogens is 272 g/mol. The molecule has 21 heavy (non-hydrogen) atoms. The summed E-state index contributed by atoms with van der Waals surface area (Å²) in [6.07, 6.45) is 8.08. The van der Waals surface area contributed by atoms with E-state index in [-0.39, 0.29) is 17.2 Å². The van der Waals surface area contributed by atoms with E-state index in [0.717, 1.165) is 38.5 Å². The Balaban J connectivity index is 2.01. The van der Waals surface area contributed by atoms with Crippen molar-refractivity contribution in [1.29, 1.82) is 0 Å². The lowest BCUT2D eigenvalue weighted by Crippen LogP contribution is -2.28. The van der Waals surface area contributed by atoms with E-state index in [1.807, 2.05) is 0 Å². The van der Waals surface area contributed by atoms with Gasteiger partial charge in [-0.2, -0.15) is 0 Å². The van der Waals surface area contributed by atoms with Crippen LogP contribution < -0.4 is 11.2 Å². The zero-order valence-electron chi connectivity index (χ0n) is 12.6. The summed E-state index contributed by atoms with van der Waals surface area (Å²) in [7, 11) is 0. The second-order valence-electron chi connectivity index (χ2n) is 5.00. The van der Waals surface area contributed by atoms with Gasteiger partial charge in [0, 0.05) is 25.2 Å². The van der Waals surface area contributed by atoms with Crippen molar-refractivity contribution in [3.63, 3.8) is 0 Å². The number of aromatic nitrogens is 2. The van der Waals surface area contributed by atoms with Gasteiger partial charge in [-0.3, -0.25) is 14.6 Å². The number of hydrogen-bond donors (Lipinski definition) is 1. The van der Waals surface area contributed by atoms with Gasteiger partial charge >= 0.3 is 11.7 Å². The number of aromatic amines is 1. The fraction of sp³-hybridized carbons (Fsp3) is 0.667. The van der Waals surface area contributed by atoms with E-state index in [9.17, 15) is 14.4 Å². The first-order chi connectivity index (χ1) is 10.1. The van der Waals surface area contributed by atoms with Crippen LogP contribution in [0.15, 0.2) is 21.9 Å². The maximum Gasteiger partial charge on any atom is 0.328 e. The van der Waals surface area contributed by atoms with Gasteiger partial charge in [0.1, 0.15) is 0 Å². The predicted molar refractivity (Wildman–Crippen MR) is 80.3 cm³/mol. The summed E-state index contributed by atoms with van der Waals surface area (Å²) in [5.74, 6) is -0.138. The third kappa shape index (κ3) is 7.48. The molecule has 0 aliphatic rings. The smallest absolute Gasteiger partial charge is 0.328 e. The quantitative estimate of drug-likeness (QED) is 0.527. The molecule has 0 unspecified atom stereocenters. The van der Waals surface area contributed by atoms with Gasteiger partial charge in [-0.05, 0) is 12.8 Å². The van der Waals surface area contributed by atoms with Crippen LogP contribution in [0, 0.1) is 0 Å². The number of aryl methyl sites for hydroxylation is 1. The van der Waals surface area contributed by atoms with Crippen LogP contribution in [-0.2, 0) is 16.1 Å². The lowest BCUT2D eigenvalue weighted by molar-refractivity contribution is -0.143. The fourth-order valence-corrected chi connectivity index (χ4v) is 2.00. The molecule has 0 aliphatic carbocycles. The van der Waals surface area contributed by atoms with Gasteiger partial charge in [-0.15, -0.1) is 0 Å². The Bertz CT molecular complexity index is 533. The Labute approximate surface area is 124 Å². The number of hydrogen-bond acceptors (Lipinski definition) is 4. The molecule has 1 heterocycles. The second-order valence-corrected chi connectivity index (χ2v) is 5.00. The highest BCUT2D eigenvalue weighted by Gasteiger charge is 1.98. The lowest BCUT2D eigenvalue weighted by atomic mass is 10.1. The minimum Gasteiger partial charge on any atom is -0.466 e. The van der Waals surface area contributed by atoms with E-state index in [2.05, 4.69) is 4.98 Å². The molecule has 1 aromatic heterocycles. The minimum absolute atomic E-state index is 0.138. The molecular formula is C15H24N2O4. The molecule has 0 bridgehead atoms. The molecule has 0 saturated heterocycles. The molecule has 0 amide bonds. The van der Waals surface area contributed by atoms with Crippen LogP contribution in [0.2, 0.25) is 0 Å². The second kappa shape index (κ2) is 9.96. The summed E-state index contributed by atoms with van der Waals surface area (Å²) >= 11 is 0. The van der Waals surface area contributed by atoms with E-state index < -0.39 is 0 Å². The molecule has 0 aliphatic heterocycles. The maximum absolute atomic E-state index is 11.4. The number of unbranched alkanes of at least 4 members (excludes halogenated alkanes) is 5. The molecule has 118 valence electrons. The molecule has 6 heteroatoms. The molecule has 1 aromatic rings. The van der Waals surface area contributed by atoms with Gasteiger partial charge < -0.3 is 9.30 Å². The Morgan fingerprint density at radius 1 is 1.14 bits per heavy atom. The molecule has 0 atom stereocenters. The Morgan fingerprint density at radius 3 is 2.48 bits per heavy atom. The van der Waals surface area contributed by atoms with Crippen LogP contribution in [-0.4, -0.2) is 22.1 Å². The number of ether oxygens (including phenoxy) is 1. The Kier molecular flexibility index (Phi) is 8.16. The van der Waals surface area contributed by atoms with Crippen molar-refractivity contribution < 1.29 is 9.53 Å². The first-order valence-corrected chi connectivity index (χ1v) is 7.59. The van der Waals surface area contributed by atoms with Crippen LogP contribution in [0.1, 0.15) is 51.9 Å². The summed E-state index contributed by atoms with van der Waals surface area (Å²) in [5, 5.41) is 0. The average molecular weight is 296 g/mol. The molecule has 0 aromatic carbocycles. The molecule has 0 saturated carbocycles. The monoisotopic (exact) mass is 296 g/mol. The first-order valence-electron chi connectivity index (χ1n) is 7.59. The molecule has 1 rings (SSSR count). The Morgan fingerprint density at radius 2 is 1.81 bits per heavy atom. The maximum atomic E-state index is 11.4. The number of rotatable bonds is 10. The summed E-state index contributed by atoms with van der Waals surface area (Å²) in [4.78, 5) is 35.5. The zero-order valence-corrected chi connectivity index (χ0v) is 12.6. The first kappa shape index (κ1) is 17.2. The minimum atomic E-state index is -0.361. The van der Waals surface area contributed by atoms with Crippen molar-refractivity contribution in [2.24, 2.45) is 0 Å². The molecule has 0 radical (unpaired) electrons. The van der Waals surface area contributed by atoms with Crippen molar-refractivity contribution in [2.45, 2.75) is 58.4 Å². The zero-order chi connectivity index (χ0) is 15.5. The van der Waals surface area contributed by atoms with Gasteiger partial charge in [0.05, 0.1) is 6.61 Å². The van der Waals surface area contributed by atoms with Crippen molar-refractivity contribution in [3.8, 4) is 0 Å². The number of H-pyrrole nitrogens is 1. The number of carbonyl (C=O) groups is 1. The van der Waals surface area contributed by atoms with Gasteiger partial charge in [0.25, 0.3) is 5.56 Å². The van der Waals surface area contributed by atoms with E-state index in [1.165, 1.54) is 16.8 Å². The van der Waals surface area contributed by atoms with Crippen molar-refractivity contribution in [1.82, 2.24) is 9.55 Å². The van der Waals surface area contributed by atoms with Gasteiger partial charge in [0.15, 0.2) is 0 Å². The summed E-state index contributed by atoms with van der Waals surface area (Å²) < 4.78 is 6.51. The van der Waals surface area contributed by atoms with Crippen LogP contribution in [0.25, 0.3) is 0 Å². The highest BCUT2D eigenvalue weighted by molar-refractivity contribution is 5.68. The summed E-state index contributed by atoms with van der Waals surface area (Å²) in [5.41, 5.74) is -0.708. The van der Waals surface area contributed by atoms with E-state index >= 15 is 0 Å². The third-order valence-electron chi connectivity index (χ3n) is 3.24. The predicted octanol–water partition coefficient (Wildman–Crippen LogP) is 1.83. The Hall–Kier alpha value is -1.85. The topological polar surface area (TPSA) is 81.2 Å². The van der Waals surface area contributed by atoms with Crippen LogP contribution in [0.4, 0.5) is 0 Å².